The summed E-state index contributed by atoms with van der Waals surface area (Å²) in [6.07, 6.45) is 0. The summed E-state index contributed by atoms with van der Waals surface area (Å²) in [5.74, 6) is 0.449. The molecule has 0 radical (unpaired) electrons. The molecule has 0 bridgehead atoms. The van der Waals surface area contributed by atoms with Gasteiger partial charge in [0.05, 0.1) is 37.8 Å². The Bertz CT molecular complexity index is 1040. The maximum absolute atomic E-state index is 14.1. The average Bonchev–Trinajstić information content (AvgIpc) is 2.72. The molecule has 6 nitrogen and oxygen atoms in total. The van der Waals surface area contributed by atoms with Crippen molar-refractivity contribution in [2.45, 2.75) is 13.1 Å². The molecule has 0 aliphatic carbocycles. The second-order valence-corrected chi connectivity index (χ2v) is 6.94. The Hall–Kier alpha value is -2.77. The minimum absolute atomic E-state index is 0.107. The van der Waals surface area contributed by atoms with Crippen LogP contribution in [-0.2, 0) is 17.8 Å². The zero-order chi connectivity index (χ0) is 19.5. The highest BCUT2D eigenvalue weighted by Gasteiger charge is 2.19. The van der Waals surface area contributed by atoms with Gasteiger partial charge in [0.1, 0.15) is 19.6 Å². The summed E-state index contributed by atoms with van der Waals surface area (Å²) in [5.41, 5.74) is 1.27. The van der Waals surface area contributed by atoms with Gasteiger partial charge in [0.15, 0.2) is 17.4 Å². The number of quaternary nitrogens is 1. The Labute approximate surface area is 162 Å². The maximum Gasteiger partial charge on any atom is 0.261 e. The third-order valence-electron chi connectivity index (χ3n) is 5.11. The van der Waals surface area contributed by atoms with Gasteiger partial charge >= 0.3 is 0 Å². The molecule has 0 spiro atoms. The number of nitrogens with zero attached hydrogens (tertiary/aromatic N) is 2. The lowest BCUT2D eigenvalue weighted by Crippen LogP contribution is -3.13. The summed E-state index contributed by atoms with van der Waals surface area (Å²) in [6, 6.07) is 12.1. The zero-order valence-corrected chi connectivity index (χ0v) is 15.8. The number of hydrogen-bond donors (Lipinski definition) is 1. The van der Waals surface area contributed by atoms with Crippen molar-refractivity contribution < 1.29 is 18.8 Å². The quantitative estimate of drug-likeness (QED) is 0.713. The van der Waals surface area contributed by atoms with Crippen molar-refractivity contribution in [2.75, 3.05) is 33.4 Å². The third-order valence-corrected chi connectivity index (χ3v) is 5.11. The summed E-state index contributed by atoms with van der Waals surface area (Å²) in [5, 5.41) is 0.567. The van der Waals surface area contributed by atoms with Crippen molar-refractivity contribution in [3.8, 4) is 5.75 Å². The summed E-state index contributed by atoms with van der Waals surface area (Å²) in [7, 11) is 1.43. The standard InChI is InChI=1S/C21H22FN3O3/c1-27-19-7-6-15(12-17(19)22)13-25-20(14-24-8-10-28-11-9-24)23-18-5-3-2-4-16(18)21(25)26/h2-7,12H,8-11,13-14H2,1H3/p+1. The molecule has 7 heteroatoms. The van der Waals surface area contributed by atoms with Crippen molar-refractivity contribution in [1.29, 1.82) is 0 Å². The van der Waals surface area contributed by atoms with Crippen molar-refractivity contribution in [3.63, 3.8) is 0 Å². The highest BCUT2D eigenvalue weighted by molar-refractivity contribution is 5.77. The molecule has 0 amide bonds. The summed E-state index contributed by atoms with van der Waals surface area (Å²) >= 11 is 0. The van der Waals surface area contributed by atoms with Crippen molar-refractivity contribution >= 4 is 10.9 Å². The first kappa shape index (κ1) is 18.6. The number of benzene rings is 2. The number of para-hydroxylation sites is 1. The first-order chi connectivity index (χ1) is 13.7. The van der Waals surface area contributed by atoms with Crippen molar-refractivity contribution in [1.82, 2.24) is 9.55 Å². The van der Waals surface area contributed by atoms with E-state index in [-0.39, 0.29) is 17.9 Å². The van der Waals surface area contributed by atoms with E-state index < -0.39 is 5.82 Å². The fraction of sp³-hybridized carbons (Fsp3) is 0.333. The van der Waals surface area contributed by atoms with Gasteiger partial charge in [0.2, 0.25) is 0 Å². The van der Waals surface area contributed by atoms with Crippen LogP contribution in [0.2, 0.25) is 0 Å². The molecule has 0 saturated carbocycles. The topological polar surface area (TPSA) is 57.8 Å². The molecule has 4 rings (SSSR count). The fourth-order valence-electron chi connectivity index (χ4n) is 3.56. The van der Waals surface area contributed by atoms with E-state index in [2.05, 4.69) is 0 Å². The summed E-state index contributed by atoms with van der Waals surface area (Å²) < 4.78 is 26.2. The highest BCUT2D eigenvalue weighted by atomic mass is 19.1. The van der Waals surface area contributed by atoms with E-state index in [4.69, 9.17) is 14.5 Å². The van der Waals surface area contributed by atoms with Gasteiger partial charge in [-0.15, -0.1) is 0 Å². The number of methoxy groups -OCH3 is 1. The molecule has 1 fully saturated rings. The van der Waals surface area contributed by atoms with E-state index >= 15 is 0 Å². The predicted octanol–water partition coefficient (Wildman–Crippen LogP) is 1.01. The van der Waals surface area contributed by atoms with Crippen LogP contribution in [0.1, 0.15) is 11.4 Å². The van der Waals surface area contributed by atoms with Gasteiger partial charge in [0, 0.05) is 0 Å². The molecule has 1 saturated heterocycles. The number of nitrogens with one attached hydrogen (secondary N) is 1. The first-order valence-corrected chi connectivity index (χ1v) is 9.38. The van der Waals surface area contributed by atoms with E-state index in [9.17, 15) is 9.18 Å². The van der Waals surface area contributed by atoms with Crippen LogP contribution < -0.4 is 15.2 Å². The van der Waals surface area contributed by atoms with E-state index in [0.717, 1.165) is 13.1 Å². The van der Waals surface area contributed by atoms with Crippen LogP contribution in [0.4, 0.5) is 4.39 Å². The Morgan fingerprint density at radius 1 is 1.21 bits per heavy atom. The molecule has 2 heterocycles. The number of rotatable bonds is 5. The second-order valence-electron chi connectivity index (χ2n) is 6.94. The van der Waals surface area contributed by atoms with E-state index in [1.54, 1.807) is 22.8 Å². The Morgan fingerprint density at radius 2 is 2.00 bits per heavy atom. The monoisotopic (exact) mass is 384 g/mol. The Balaban J connectivity index is 1.75. The minimum Gasteiger partial charge on any atom is -0.494 e. The van der Waals surface area contributed by atoms with Gasteiger partial charge in [-0.2, -0.15) is 0 Å². The summed E-state index contributed by atoms with van der Waals surface area (Å²) in [4.78, 5) is 19.3. The van der Waals surface area contributed by atoms with E-state index in [1.165, 1.54) is 18.1 Å². The van der Waals surface area contributed by atoms with Gasteiger partial charge in [0.25, 0.3) is 5.56 Å². The van der Waals surface area contributed by atoms with Crippen LogP contribution in [0.3, 0.4) is 0 Å². The molecule has 28 heavy (non-hydrogen) atoms. The minimum atomic E-state index is -0.442. The first-order valence-electron chi connectivity index (χ1n) is 9.38. The number of fused-ring (bicyclic) bond motifs is 1. The molecule has 1 N–H and O–H groups in total. The maximum atomic E-state index is 14.1. The third kappa shape index (κ3) is 3.76. The smallest absolute Gasteiger partial charge is 0.261 e. The number of hydrogen-bond acceptors (Lipinski definition) is 4. The molecule has 2 aromatic carbocycles. The molecule has 0 unspecified atom stereocenters. The SMILES string of the molecule is COc1ccc(Cn2c(C[NH+]3CCOCC3)nc3ccccc3c2=O)cc1F. The molecule has 146 valence electrons. The van der Waals surface area contributed by atoms with E-state index in [0.29, 0.717) is 42.0 Å². The number of halogens is 1. The largest absolute Gasteiger partial charge is 0.494 e. The van der Waals surface area contributed by atoms with Crippen LogP contribution in [0.15, 0.2) is 47.3 Å². The molecule has 1 aliphatic rings. The van der Waals surface area contributed by atoms with Gasteiger partial charge in [-0.3, -0.25) is 9.36 Å². The lowest BCUT2D eigenvalue weighted by Gasteiger charge is -2.24. The molecule has 1 aliphatic heterocycles. The van der Waals surface area contributed by atoms with E-state index in [1.807, 2.05) is 18.2 Å². The van der Waals surface area contributed by atoms with Crippen LogP contribution in [-0.4, -0.2) is 43.0 Å². The molecule has 3 aromatic rings. The molecular formula is C21H23FN3O3+. The average molecular weight is 384 g/mol. The van der Waals surface area contributed by atoms with Crippen LogP contribution in [0, 0.1) is 5.82 Å². The Kier molecular flexibility index (Phi) is 5.36. The normalized spacial score (nSPS) is 15.1. The number of aromatic nitrogens is 2. The zero-order valence-electron chi connectivity index (χ0n) is 15.8. The molecular weight excluding hydrogens is 361 g/mol. The summed E-state index contributed by atoms with van der Waals surface area (Å²) in [6.45, 7) is 4.05. The molecule has 0 atom stereocenters. The lowest BCUT2D eigenvalue weighted by atomic mass is 10.2. The van der Waals surface area contributed by atoms with Gasteiger partial charge in [-0.05, 0) is 29.8 Å². The predicted molar refractivity (Wildman–Crippen MR) is 103 cm³/mol. The van der Waals surface area contributed by atoms with Gasteiger partial charge < -0.3 is 14.4 Å². The van der Waals surface area contributed by atoms with Gasteiger partial charge in [-0.1, -0.05) is 18.2 Å². The van der Waals surface area contributed by atoms with Crippen LogP contribution >= 0.6 is 0 Å². The highest BCUT2D eigenvalue weighted by Crippen LogP contribution is 2.18. The van der Waals surface area contributed by atoms with Crippen LogP contribution in [0.25, 0.3) is 10.9 Å². The van der Waals surface area contributed by atoms with Crippen molar-refractivity contribution in [3.05, 3.63) is 70.0 Å². The van der Waals surface area contributed by atoms with Crippen molar-refractivity contribution in [2.24, 2.45) is 0 Å². The van der Waals surface area contributed by atoms with Gasteiger partial charge in [-0.25, -0.2) is 9.37 Å². The second kappa shape index (κ2) is 8.08. The Morgan fingerprint density at radius 3 is 2.75 bits per heavy atom. The molecule has 1 aromatic heterocycles. The fourth-order valence-corrected chi connectivity index (χ4v) is 3.56. The number of morpholine rings is 1. The van der Waals surface area contributed by atoms with Crippen LogP contribution in [0.5, 0.6) is 5.75 Å². The lowest BCUT2D eigenvalue weighted by molar-refractivity contribution is -0.922. The number of ether oxygens (including phenoxy) is 2.